The molecule has 2 aromatic carbocycles. The van der Waals surface area contributed by atoms with Crippen LogP contribution in [0, 0.1) is 6.92 Å². The number of hydrogen-bond donors (Lipinski definition) is 0. The van der Waals surface area contributed by atoms with E-state index in [-0.39, 0.29) is 5.78 Å². The van der Waals surface area contributed by atoms with E-state index in [0.717, 1.165) is 33.7 Å². The maximum Gasteiger partial charge on any atom is 0.226 e. The van der Waals surface area contributed by atoms with Crippen LogP contribution in [-0.4, -0.2) is 21.9 Å². The van der Waals surface area contributed by atoms with Crippen LogP contribution in [0.1, 0.15) is 24.8 Å². The smallest absolute Gasteiger partial charge is 0.226 e. The Hall–Kier alpha value is -3.34. The molecule has 0 amide bonds. The van der Waals surface area contributed by atoms with Crippen molar-refractivity contribution in [3.8, 4) is 17.2 Å². The van der Waals surface area contributed by atoms with E-state index in [4.69, 9.17) is 9.15 Å². The maximum absolute atomic E-state index is 11.3. The number of carbonyl (C=O) groups is 1. The van der Waals surface area contributed by atoms with E-state index in [0.29, 0.717) is 31.9 Å². The van der Waals surface area contributed by atoms with Gasteiger partial charge in [-0.25, -0.2) is 4.98 Å². The number of rotatable bonds is 8. The van der Waals surface area contributed by atoms with Gasteiger partial charge in [0.2, 0.25) is 5.89 Å². The van der Waals surface area contributed by atoms with Gasteiger partial charge in [0.15, 0.2) is 0 Å². The Kier molecular flexibility index (Phi) is 5.47. The third-order valence-electron chi connectivity index (χ3n) is 4.99. The van der Waals surface area contributed by atoms with Gasteiger partial charge in [0.05, 0.1) is 17.8 Å². The molecule has 2 aromatic heterocycles. The quantitative estimate of drug-likeness (QED) is 0.416. The molecule has 0 aliphatic heterocycles. The summed E-state index contributed by atoms with van der Waals surface area (Å²) in [5.74, 6) is 2.49. The van der Waals surface area contributed by atoms with E-state index >= 15 is 0 Å². The Balaban J connectivity index is 1.44. The van der Waals surface area contributed by atoms with Crippen molar-refractivity contribution in [3.63, 3.8) is 0 Å². The molecule has 0 saturated carbocycles. The van der Waals surface area contributed by atoms with Crippen molar-refractivity contribution in [2.24, 2.45) is 0 Å². The lowest BCUT2D eigenvalue weighted by Gasteiger charge is -2.08. The van der Waals surface area contributed by atoms with Crippen LogP contribution >= 0.6 is 0 Å². The number of aryl methyl sites for hydroxylation is 2. The summed E-state index contributed by atoms with van der Waals surface area (Å²) in [4.78, 5) is 15.9. The summed E-state index contributed by atoms with van der Waals surface area (Å²) < 4.78 is 14.0. The number of ketones is 1. The van der Waals surface area contributed by atoms with Crippen LogP contribution in [0.3, 0.4) is 0 Å². The van der Waals surface area contributed by atoms with Gasteiger partial charge in [-0.2, -0.15) is 0 Å². The maximum atomic E-state index is 11.3. The van der Waals surface area contributed by atoms with Crippen molar-refractivity contribution in [1.82, 2.24) is 9.55 Å². The normalized spacial score (nSPS) is 11.1. The molecule has 0 spiro atoms. The number of hydrogen-bond acceptors (Lipinski definition) is 4. The van der Waals surface area contributed by atoms with E-state index in [1.807, 2.05) is 61.7 Å². The number of carbonyl (C=O) groups excluding carboxylic acids is 1. The predicted molar refractivity (Wildman–Crippen MR) is 113 cm³/mol. The molecule has 4 aromatic rings. The zero-order valence-corrected chi connectivity index (χ0v) is 16.7. The fraction of sp³-hybridized carbons (Fsp3) is 0.250. The van der Waals surface area contributed by atoms with Gasteiger partial charge >= 0.3 is 0 Å². The highest BCUT2D eigenvalue weighted by atomic mass is 16.5. The molecule has 0 aliphatic rings. The van der Waals surface area contributed by atoms with E-state index in [1.165, 1.54) is 0 Å². The first-order chi connectivity index (χ1) is 14.1. The number of oxazole rings is 1. The number of Topliss-reactive ketones (excluding diaryl/α,β-unsaturated/α-hetero) is 1. The number of aromatic nitrogens is 2. The first-order valence-corrected chi connectivity index (χ1v) is 9.83. The molecule has 0 unspecified atom stereocenters. The highest BCUT2D eigenvalue weighted by Crippen LogP contribution is 2.27. The predicted octanol–water partition coefficient (Wildman–Crippen LogP) is 5.21. The van der Waals surface area contributed by atoms with E-state index < -0.39 is 0 Å². The van der Waals surface area contributed by atoms with E-state index in [2.05, 4.69) is 15.6 Å². The van der Waals surface area contributed by atoms with Crippen LogP contribution < -0.4 is 4.74 Å². The Morgan fingerprint density at radius 1 is 1.10 bits per heavy atom. The second-order valence-electron chi connectivity index (χ2n) is 7.14. The number of ether oxygens (including phenoxy) is 1. The van der Waals surface area contributed by atoms with Crippen LogP contribution in [0.2, 0.25) is 0 Å². The molecule has 29 heavy (non-hydrogen) atoms. The summed E-state index contributed by atoms with van der Waals surface area (Å²) >= 11 is 0. The topological polar surface area (TPSA) is 57.3 Å². The van der Waals surface area contributed by atoms with E-state index in [1.54, 1.807) is 6.92 Å². The van der Waals surface area contributed by atoms with Gasteiger partial charge in [0.1, 0.15) is 17.3 Å². The minimum atomic E-state index is 0.192. The summed E-state index contributed by atoms with van der Waals surface area (Å²) in [7, 11) is 0. The third-order valence-corrected chi connectivity index (χ3v) is 4.99. The second kappa shape index (κ2) is 8.35. The summed E-state index contributed by atoms with van der Waals surface area (Å²) in [6, 6.07) is 17.9. The molecule has 0 radical (unpaired) electrons. The van der Waals surface area contributed by atoms with Crippen LogP contribution in [0.25, 0.3) is 22.4 Å². The highest BCUT2D eigenvalue weighted by Gasteiger charge is 2.12. The first kappa shape index (κ1) is 19.0. The van der Waals surface area contributed by atoms with Gasteiger partial charge in [-0.05, 0) is 44.2 Å². The molecule has 5 nitrogen and oxygen atoms in total. The summed E-state index contributed by atoms with van der Waals surface area (Å²) in [6.07, 6.45) is 3.21. The minimum absolute atomic E-state index is 0.192. The lowest BCUT2D eigenvalue weighted by atomic mass is 10.2. The van der Waals surface area contributed by atoms with Crippen molar-refractivity contribution < 1.29 is 13.9 Å². The molecule has 0 atom stereocenters. The second-order valence-corrected chi connectivity index (χ2v) is 7.14. The Morgan fingerprint density at radius 3 is 2.72 bits per heavy atom. The van der Waals surface area contributed by atoms with Crippen molar-refractivity contribution in [2.45, 2.75) is 33.2 Å². The first-order valence-electron chi connectivity index (χ1n) is 9.83. The Bertz CT molecular complexity index is 1130. The largest absolute Gasteiger partial charge is 0.492 e. The van der Waals surface area contributed by atoms with Gasteiger partial charge in [0, 0.05) is 36.5 Å². The van der Waals surface area contributed by atoms with Gasteiger partial charge in [-0.15, -0.1) is 0 Å². The third kappa shape index (κ3) is 4.24. The number of fused-ring (bicyclic) bond motifs is 1. The lowest BCUT2D eigenvalue weighted by Crippen LogP contribution is -2.03. The van der Waals surface area contributed by atoms with Crippen molar-refractivity contribution >= 4 is 16.7 Å². The SMILES string of the molecule is CC(=O)CCn1ccc2c(OCCc3nc(-c4ccccc4)oc3C)cccc21. The van der Waals surface area contributed by atoms with E-state index in [9.17, 15) is 4.79 Å². The average Bonchev–Trinajstić information content (AvgIpc) is 3.31. The standard InChI is InChI=1S/C24H24N2O3/c1-17(27)11-14-26-15-12-20-22(26)9-6-10-23(20)28-16-13-21-18(2)29-24(25-21)19-7-4-3-5-8-19/h3-10,12,15H,11,13-14,16H2,1-2H3. The molecule has 0 aliphatic carbocycles. The Morgan fingerprint density at radius 2 is 1.93 bits per heavy atom. The van der Waals surface area contributed by atoms with Crippen LogP contribution in [-0.2, 0) is 17.8 Å². The van der Waals surface area contributed by atoms with Crippen molar-refractivity contribution in [3.05, 3.63) is 72.2 Å². The van der Waals surface area contributed by atoms with Crippen LogP contribution in [0.4, 0.5) is 0 Å². The van der Waals surface area contributed by atoms with Gasteiger partial charge in [-0.3, -0.25) is 4.79 Å². The average molecular weight is 388 g/mol. The zero-order valence-electron chi connectivity index (χ0n) is 16.7. The fourth-order valence-electron chi connectivity index (χ4n) is 3.42. The van der Waals surface area contributed by atoms with Crippen LogP contribution in [0.15, 0.2) is 65.2 Å². The molecule has 0 saturated heterocycles. The molecule has 2 heterocycles. The summed E-state index contributed by atoms with van der Waals surface area (Å²) in [6.45, 7) is 4.75. The Labute approximate surface area is 169 Å². The molecule has 0 fully saturated rings. The van der Waals surface area contributed by atoms with Crippen molar-refractivity contribution in [2.75, 3.05) is 6.61 Å². The molecule has 4 rings (SSSR count). The molecule has 148 valence electrons. The molecular weight excluding hydrogens is 364 g/mol. The lowest BCUT2D eigenvalue weighted by molar-refractivity contribution is -0.117. The molecule has 0 N–H and O–H groups in total. The summed E-state index contributed by atoms with van der Waals surface area (Å²) in [5, 5.41) is 1.05. The zero-order chi connectivity index (χ0) is 20.2. The molecular formula is C24H24N2O3. The monoisotopic (exact) mass is 388 g/mol. The molecule has 5 heteroatoms. The van der Waals surface area contributed by atoms with Crippen LogP contribution in [0.5, 0.6) is 5.75 Å². The summed E-state index contributed by atoms with van der Waals surface area (Å²) in [5.41, 5.74) is 2.96. The minimum Gasteiger partial charge on any atom is -0.492 e. The van der Waals surface area contributed by atoms with Crippen molar-refractivity contribution in [1.29, 1.82) is 0 Å². The van der Waals surface area contributed by atoms with Gasteiger partial charge in [-0.1, -0.05) is 24.3 Å². The van der Waals surface area contributed by atoms with Gasteiger partial charge in [0.25, 0.3) is 0 Å². The molecule has 0 bridgehead atoms. The fourth-order valence-corrected chi connectivity index (χ4v) is 3.42. The number of nitrogens with zero attached hydrogens (tertiary/aromatic N) is 2. The van der Waals surface area contributed by atoms with Gasteiger partial charge < -0.3 is 13.7 Å². The highest BCUT2D eigenvalue weighted by molar-refractivity contribution is 5.86. The number of benzene rings is 2.